The molecule has 0 aromatic heterocycles. The number of likely N-dealkylation sites (tertiary alicyclic amines) is 2. The van der Waals surface area contributed by atoms with Crippen molar-refractivity contribution in [3.63, 3.8) is 0 Å². The molecule has 0 aromatic carbocycles. The van der Waals surface area contributed by atoms with Gasteiger partial charge in [0.05, 0.1) is 5.92 Å². The fraction of sp³-hybridized carbons (Fsp3) is 0.824. The Morgan fingerprint density at radius 3 is 2.67 bits per heavy atom. The summed E-state index contributed by atoms with van der Waals surface area (Å²) in [4.78, 5) is 40.6. The van der Waals surface area contributed by atoms with E-state index in [9.17, 15) is 14.4 Å². The minimum absolute atomic E-state index is 0.0678. The average Bonchev–Trinajstić information content (AvgIpc) is 2.60. The molecule has 0 aromatic rings. The van der Waals surface area contributed by atoms with E-state index in [0.29, 0.717) is 51.9 Å². The number of amides is 3. The smallest absolute Gasteiger partial charge is 0.240 e. The number of carbonyl (C=O) groups excluding carboxylic acids is 3. The van der Waals surface area contributed by atoms with E-state index in [4.69, 9.17) is 0 Å². The zero-order valence-electron chi connectivity index (χ0n) is 14.5. The van der Waals surface area contributed by atoms with Crippen LogP contribution >= 0.6 is 0 Å². The van der Waals surface area contributed by atoms with E-state index in [0.717, 1.165) is 19.5 Å². The van der Waals surface area contributed by atoms with Crippen LogP contribution in [-0.4, -0.2) is 72.3 Å². The maximum absolute atomic E-state index is 12.8. The van der Waals surface area contributed by atoms with Crippen LogP contribution in [0.4, 0.5) is 0 Å². The van der Waals surface area contributed by atoms with Crippen LogP contribution in [0.2, 0.25) is 0 Å². The van der Waals surface area contributed by atoms with Gasteiger partial charge in [-0.25, -0.2) is 0 Å². The number of rotatable bonds is 3. The van der Waals surface area contributed by atoms with E-state index < -0.39 is 5.54 Å². The molecule has 1 atom stereocenters. The van der Waals surface area contributed by atoms with Crippen LogP contribution in [0.25, 0.3) is 0 Å². The minimum atomic E-state index is -0.494. The highest BCUT2D eigenvalue weighted by atomic mass is 16.2. The van der Waals surface area contributed by atoms with E-state index in [1.165, 1.54) is 0 Å². The molecule has 3 rings (SSSR count). The van der Waals surface area contributed by atoms with Gasteiger partial charge in [0.2, 0.25) is 17.7 Å². The fourth-order valence-corrected chi connectivity index (χ4v) is 4.10. The van der Waals surface area contributed by atoms with E-state index in [-0.39, 0.29) is 23.6 Å². The molecule has 0 bridgehead atoms. The van der Waals surface area contributed by atoms with Crippen LogP contribution in [0.3, 0.4) is 0 Å². The van der Waals surface area contributed by atoms with E-state index >= 15 is 0 Å². The van der Waals surface area contributed by atoms with Crippen molar-refractivity contribution < 1.29 is 14.4 Å². The summed E-state index contributed by atoms with van der Waals surface area (Å²) in [5.74, 6) is 0.297. The zero-order chi connectivity index (χ0) is 17.2. The molecule has 134 valence electrons. The molecule has 7 heteroatoms. The van der Waals surface area contributed by atoms with Crippen LogP contribution in [0.15, 0.2) is 0 Å². The molecule has 2 N–H and O–H groups in total. The van der Waals surface area contributed by atoms with Gasteiger partial charge in [-0.3, -0.25) is 14.4 Å². The molecule has 3 fully saturated rings. The molecule has 1 spiro atoms. The highest BCUT2D eigenvalue weighted by Gasteiger charge is 2.44. The Kier molecular flexibility index (Phi) is 5.08. The van der Waals surface area contributed by atoms with Crippen molar-refractivity contribution in [2.75, 3.05) is 39.3 Å². The highest BCUT2D eigenvalue weighted by molar-refractivity contribution is 5.88. The lowest BCUT2D eigenvalue weighted by molar-refractivity contribution is -0.146. The standard InChI is InChI=1S/C17H28N4O3/c1-2-9-21-12-13(3-4-14(21)22)15(23)20-10-5-17(6-11-20)16(24)18-7-8-19-17/h13,19H,2-12H2,1H3,(H,18,24)/t13-/m1/s1. The average molecular weight is 336 g/mol. The third kappa shape index (κ3) is 3.27. The van der Waals surface area contributed by atoms with Crippen molar-refractivity contribution >= 4 is 17.7 Å². The predicted octanol–water partition coefficient (Wildman–Crippen LogP) is -0.284. The van der Waals surface area contributed by atoms with Crippen molar-refractivity contribution in [1.82, 2.24) is 20.4 Å². The van der Waals surface area contributed by atoms with Gasteiger partial charge in [-0.05, 0) is 25.7 Å². The van der Waals surface area contributed by atoms with Gasteiger partial charge in [-0.2, -0.15) is 0 Å². The Labute approximate surface area is 143 Å². The molecule has 3 amide bonds. The minimum Gasteiger partial charge on any atom is -0.353 e. The summed E-state index contributed by atoms with van der Waals surface area (Å²) in [5, 5.41) is 6.28. The third-order valence-electron chi connectivity index (χ3n) is 5.58. The lowest BCUT2D eigenvalue weighted by Gasteiger charge is -2.44. The van der Waals surface area contributed by atoms with Gasteiger partial charge < -0.3 is 20.4 Å². The Bertz CT molecular complexity index is 514. The summed E-state index contributed by atoms with van der Waals surface area (Å²) >= 11 is 0. The van der Waals surface area contributed by atoms with E-state index in [1.54, 1.807) is 0 Å². The molecule has 0 radical (unpaired) electrons. The molecular weight excluding hydrogens is 308 g/mol. The second-order valence-electron chi connectivity index (χ2n) is 7.17. The molecule has 3 aliphatic heterocycles. The normalized spacial score (nSPS) is 27.3. The van der Waals surface area contributed by atoms with Crippen molar-refractivity contribution in [3.05, 3.63) is 0 Å². The SMILES string of the molecule is CCCN1C[C@H](C(=O)N2CCC3(CC2)NCCNC3=O)CCC1=O. The number of piperidine rings is 2. The first-order chi connectivity index (χ1) is 11.6. The number of hydrogen-bond donors (Lipinski definition) is 2. The molecule has 3 heterocycles. The lowest BCUT2D eigenvalue weighted by Crippen LogP contribution is -2.67. The van der Waals surface area contributed by atoms with Crippen molar-refractivity contribution in [2.24, 2.45) is 5.92 Å². The van der Waals surface area contributed by atoms with Gasteiger partial charge in [0.1, 0.15) is 5.54 Å². The molecule has 0 saturated carbocycles. The third-order valence-corrected chi connectivity index (χ3v) is 5.58. The number of piperazine rings is 1. The van der Waals surface area contributed by atoms with Crippen LogP contribution in [0.5, 0.6) is 0 Å². The monoisotopic (exact) mass is 336 g/mol. The summed E-state index contributed by atoms with van der Waals surface area (Å²) < 4.78 is 0. The Morgan fingerprint density at radius 1 is 1.25 bits per heavy atom. The summed E-state index contributed by atoms with van der Waals surface area (Å²) in [6.45, 7) is 6.00. The summed E-state index contributed by atoms with van der Waals surface area (Å²) in [7, 11) is 0. The Balaban J connectivity index is 1.57. The second kappa shape index (κ2) is 7.09. The van der Waals surface area contributed by atoms with Gasteiger partial charge in [-0.15, -0.1) is 0 Å². The Morgan fingerprint density at radius 2 is 2.00 bits per heavy atom. The van der Waals surface area contributed by atoms with Crippen LogP contribution in [0.1, 0.15) is 39.0 Å². The van der Waals surface area contributed by atoms with Crippen LogP contribution in [0, 0.1) is 5.92 Å². The van der Waals surface area contributed by atoms with E-state index in [1.807, 2.05) is 16.7 Å². The number of hydrogen-bond acceptors (Lipinski definition) is 4. The van der Waals surface area contributed by atoms with Gasteiger partial charge in [0, 0.05) is 45.7 Å². The molecule has 0 unspecified atom stereocenters. The highest BCUT2D eigenvalue weighted by Crippen LogP contribution is 2.27. The summed E-state index contributed by atoms with van der Waals surface area (Å²) in [6.07, 6.45) is 3.36. The first-order valence-corrected chi connectivity index (χ1v) is 9.15. The summed E-state index contributed by atoms with van der Waals surface area (Å²) in [5.41, 5.74) is -0.494. The van der Waals surface area contributed by atoms with Crippen molar-refractivity contribution in [2.45, 2.75) is 44.6 Å². The predicted molar refractivity (Wildman–Crippen MR) is 89.2 cm³/mol. The quantitative estimate of drug-likeness (QED) is 0.742. The number of nitrogens with zero attached hydrogens (tertiary/aromatic N) is 2. The van der Waals surface area contributed by atoms with Crippen LogP contribution in [-0.2, 0) is 14.4 Å². The van der Waals surface area contributed by atoms with Gasteiger partial charge >= 0.3 is 0 Å². The maximum atomic E-state index is 12.8. The Hall–Kier alpha value is -1.63. The topological polar surface area (TPSA) is 81.8 Å². The van der Waals surface area contributed by atoms with Crippen LogP contribution < -0.4 is 10.6 Å². The van der Waals surface area contributed by atoms with Gasteiger partial charge in [0.15, 0.2) is 0 Å². The molecule has 0 aliphatic carbocycles. The number of nitrogens with one attached hydrogen (secondary N) is 2. The van der Waals surface area contributed by atoms with Crippen molar-refractivity contribution in [1.29, 1.82) is 0 Å². The fourth-order valence-electron chi connectivity index (χ4n) is 4.10. The summed E-state index contributed by atoms with van der Waals surface area (Å²) in [6, 6.07) is 0. The number of carbonyl (C=O) groups is 3. The second-order valence-corrected chi connectivity index (χ2v) is 7.17. The molecule has 3 saturated heterocycles. The first kappa shape index (κ1) is 17.2. The molecular formula is C17H28N4O3. The van der Waals surface area contributed by atoms with E-state index in [2.05, 4.69) is 10.6 Å². The lowest BCUT2D eigenvalue weighted by atomic mass is 9.84. The zero-order valence-corrected chi connectivity index (χ0v) is 14.5. The van der Waals surface area contributed by atoms with Crippen molar-refractivity contribution in [3.8, 4) is 0 Å². The van der Waals surface area contributed by atoms with Gasteiger partial charge in [0.25, 0.3) is 0 Å². The first-order valence-electron chi connectivity index (χ1n) is 9.15. The molecule has 3 aliphatic rings. The molecule has 24 heavy (non-hydrogen) atoms. The van der Waals surface area contributed by atoms with Gasteiger partial charge in [-0.1, -0.05) is 6.92 Å². The maximum Gasteiger partial charge on any atom is 0.240 e. The largest absolute Gasteiger partial charge is 0.353 e. The molecule has 7 nitrogen and oxygen atoms in total.